The Balaban J connectivity index is 0.000000124. The lowest BCUT2D eigenvalue weighted by Crippen LogP contribution is -2.68. The van der Waals surface area contributed by atoms with Gasteiger partial charge >= 0.3 is 5.97 Å². The summed E-state index contributed by atoms with van der Waals surface area (Å²) in [6.45, 7) is 87.5. The van der Waals surface area contributed by atoms with Gasteiger partial charge in [0, 0.05) is 16.7 Å². The summed E-state index contributed by atoms with van der Waals surface area (Å²) in [7, 11) is 1.57. The Morgan fingerprint density at radius 1 is 0.323 bits per heavy atom. The minimum Gasteiger partial charge on any atom is -0.469 e. The highest BCUT2D eigenvalue weighted by atomic mass is 16.5. The van der Waals surface area contributed by atoms with Crippen molar-refractivity contribution in [3.8, 4) is 0 Å². The van der Waals surface area contributed by atoms with Gasteiger partial charge in [0.15, 0.2) is 5.78 Å². The van der Waals surface area contributed by atoms with Crippen LogP contribution in [0.3, 0.4) is 0 Å². The average molecular weight is 1830 g/mol. The Morgan fingerprint density at radius 3 is 0.932 bits per heavy atom. The lowest BCUT2D eigenvalue weighted by atomic mass is 9.32. The molecule has 0 bridgehead atoms. The van der Waals surface area contributed by atoms with E-state index in [0.29, 0.717) is 138 Å². The SMILES string of the molecule is C=C(C)[C@@H]1CC[C@]2(C(=O)OC)CC[C@]3(C)C(CCC4[C@@]5(C)C[C@@H](O)[C@H](O)C(C)(C)C5CC[C@]43C)C12.C=C(C)[C@@H]1CC[C@]2(C)CC[C@]3(C)C(CCC4[C@@]5(C)C[C@@H](O)C(=O)C(C)(C)C5CC[C@]43C)C12.C=C(C)[C@@H]1CC[C@]2(C)CC[C@]3(C)C(CCC4[C@@]5(C)C[C@@H](O)[C@@H](O)C(C)(C)C5CC[C@]43C)C12.C=CC[C@H]1C[C@@]2(C)C(CC[C@]3(C)C2CCC2C4[C@H](C(=C)C)CC[C@]4(C)CC[C@]23C)C(C)(C)C1=O. The van der Waals surface area contributed by atoms with Crippen molar-refractivity contribution >= 4 is 17.5 Å². The monoisotopic (exact) mass is 1830 g/mol. The number of methoxy groups -OCH3 is 1. The fraction of sp³-hybridized carbons (Fsp3) is 0.895. The number of ketones is 2. The summed E-state index contributed by atoms with van der Waals surface area (Å²) in [4.78, 5) is 39.9. The van der Waals surface area contributed by atoms with Crippen molar-refractivity contribution in [2.45, 2.75) is 455 Å². The number of fused-ring (bicyclic) bond motifs is 28. The smallest absolute Gasteiger partial charge is 0.312 e. The first-order valence-corrected chi connectivity index (χ1v) is 56.2. The van der Waals surface area contributed by atoms with E-state index in [4.69, 9.17) is 4.74 Å². The molecule has 0 aromatic carbocycles. The molecule has 0 amide bonds. The predicted molar refractivity (Wildman–Crippen MR) is 545 cm³/mol. The molecule has 0 aromatic heterocycles. The van der Waals surface area contributed by atoms with Crippen LogP contribution in [0.25, 0.3) is 0 Å². The van der Waals surface area contributed by atoms with Crippen LogP contribution < -0.4 is 0 Å². The number of esters is 1. The Morgan fingerprint density at radius 2 is 0.609 bits per heavy atom. The van der Waals surface area contributed by atoms with E-state index in [1.54, 1.807) is 7.11 Å². The van der Waals surface area contributed by atoms with Crippen LogP contribution in [0.1, 0.15) is 425 Å². The molecule has 16 unspecified atom stereocenters. The van der Waals surface area contributed by atoms with E-state index >= 15 is 0 Å². The molecule has 133 heavy (non-hydrogen) atoms. The van der Waals surface area contributed by atoms with Crippen LogP contribution in [0.4, 0.5) is 0 Å². The molecule has 42 atom stereocenters. The van der Waals surface area contributed by atoms with Gasteiger partial charge in [0.05, 0.1) is 36.9 Å². The van der Waals surface area contributed by atoms with Crippen LogP contribution in [0.5, 0.6) is 0 Å². The van der Waals surface area contributed by atoms with Gasteiger partial charge < -0.3 is 30.3 Å². The van der Waals surface area contributed by atoms with Gasteiger partial charge in [-0.25, -0.2) is 0 Å². The van der Waals surface area contributed by atoms with Crippen LogP contribution in [0.15, 0.2) is 61.3 Å². The van der Waals surface area contributed by atoms with E-state index in [2.05, 4.69) is 220 Å². The van der Waals surface area contributed by atoms with Crippen LogP contribution in [-0.2, 0) is 19.1 Å². The maximum absolute atomic E-state index is 13.6. The number of rotatable bonds is 7. The highest BCUT2D eigenvalue weighted by Crippen LogP contribution is 2.85. The first kappa shape index (κ1) is 102. The molecule has 750 valence electrons. The first-order valence-electron chi connectivity index (χ1n) is 56.2. The summed E-state index contributed by atoms with van der Waals surface area (Å²) in [6, 6.07) is 0. The summed E-state index contributed by atoms with van der Waals surface area (Å²) in [5.41, 5.74) is 8.46. The molecule has 0 saturated heterocycles. The lowest BCUT2D eigenvalue weighted by molar-refractivity contribution is -0.263. The summed E-state index contributed by atoms with van der Waals surface area (Å²) in [5.74, 6) is 13.3. The quantitative estimate of drug-likeness (QED) is 0.123. The van der Waals surface area contributed by atoms with Crippen molar-refractivity contribution in [1.29, 1.82) is 0 Å². The number of aliphatic hydroxyl groups excluding tert-OH is 5. The average Bonchev–Trinajstić information content (AvgIpc) is 1.66. The highest BCUT2D eigenvalue weighted by Gasteiger charge is 2.79. The summed E-state index contributed by atoms with van der Waals surface area (Å²) in [5, 5.41) is 54.7. The summed E-state index contributed by atoms with van der Waals surface area (Å²) >= 11 is 0. The topological polar surface area (TPSA) is 162 Å². The maximum atomic E-state index is 13.6. The normalized spacial score (nSPS) is 55.9. The molecule has 20 aliphatic rings. The Kier molecular flexibility index (Phi) is 25.0. The predicted octanol–water partition coefficient (Wildman–Crippen LogP) is 29.4. The molecular formula is C124H200O9. The third-order valence-electron chi connectivity index (χ3n) is 54.0. The van der Waals surface area contributed by atoms with E-state index in [1.165, 1.54) is 176 Å². The molecule has 0 radical (unpaired) electrons. The molecule has 0 aliphatic heterocycles. The van der Waals surface area contributed by atoms with E-state index < -0.39 is 35.9 Å². The van der Waals surface area contributed by atoms with Gasteiger partial charge in [-0.1, -0.05) is 214 Å². The van der Waals surface area contributed by atoms with Gasteiger partial charge in [0.1, 0.15) is 11.9 Å². The lowest BCUT2D eigenvalue weighted by Gasteiger charge is -2.73. The van der Waals surface area contributed by atoms with Crippen LogP contribution in [0, 0.1) is 233 Å². The van der Waals surface area contributed by atoms with Crippen LogP contribution >= 0.6 is 0 Å². The van der Waals surface area contributed by atoms with Crippen molar-refractivity contribution in [3.63, 3.8) is 0 Å². The van der Waals surface area contributed by atoms with Crippen LogP contribution in [0.2, 0.25) is 0 Å². The van der Waals surface area contributed by atoms with Gasteiger partial charge in [0.25, 0.3) is 0 Å². The van der Waals surface area contributed by atoms with Gasteiger partial charge in [0.2, 0.25) is 0 Å². The van der Waals surface area contributed by atoms with Crippen molar-refractivity contribution in [2.75, 3.05) is 7.11 Å². The number of carbonyl (C=O) groups is 3. The number of hydrogen-bond donors (Lipinski definition) is 5. The standard InChI is InChI=1S/C33H52O.C31H50O4.C30H50O2.C30H48O2/c1-10-11-22-20-31(7)25(29(4,5)28(22)34)15-17-33(9)26(31)13-12-24-27-23(21(2)3)14-16-30(27,6)18-19-32(24,33)8;1-18(2)19-11-14-31(26(34)35-8)16-15-29(6)20(24(19)31)9-10-23-28(5)17-21(32)25(33)27(3,4)22(28)12-13-30(23,29)7;2*1-18(2)19-11-13-27(5)15-16-29(7)20(24(19)27)9-10-23-28(6)17-21(31)25(32)26(3,4)22(28)12-14-30(23,29)8/h10,22-27H,1-2,11-20H2,3-9H3;19-25,32-33H,1,9-17H2,2-8H3;19-25,31-32H,1,9-17H2,2-8H3;19-24,31H,1,9-17H2,2-8H3/t22-,23-,24?,25?,26?,27?,30+,31-,32+,33+;19-,20?,21+,22?,23?,24?,25-,28-,29+,30+,31-;19-,20?,21+,22?,23?,24?,25+,27+,28-,29+,30+;19-,20?,21+,22?,23?,24?,27+,28-,29+,30+/m0000/s1. The van der Waals surface area contributed by atoms with Crippen molar-refractivity contribution in [2.24, 2.45) is 233 Å². The van der Waals surface area contributed by atoms with E-state index in [1.807, 2.05) is 6.08 Å². The molecule has 0 aromatic rings. The van der Waals surface area contributed by atoms with Gasteiger partial charge in [-0.3, -0.25) is 14.4 Å². The fourth-order valence-corrected chi connectivity index (χ4v) is 46.9. The molecule has 5 N–H and O–H groups in total. The van der Waals surface area contributed by atoms with E-state index in [9.17, 15) is 39.9 Å². The van der Waals surface area contributed by atoms with Crippen molar-refractivity contribution in [3.05, 3.63) is 61.3 Å². The van der Waals surface area contributed by atoms with E-state index in [-0.39, 0.29) is 71.8 Å². The molecular weight excluding hydrogens is 1630 g/mol. The molecule has 0 spiro atoms. The number of Topliss-reactive ketones (excluding diaryl/α,β-unsaturated/α-hetero) is 2. The van der Waals surface area contributed by atoms with Gasteiger partial charge in [-0.2, -0.15) is 0 Å². The zero-order chi connectivity index (χ0) is 97.6. The van der Waals surface area contributed by atoms with Crippen molar-refractivity contribution in [1.82, 2.24) is 0 Å². The molecule has 20 aliphatic carbocycles. The minimum atomic E-state index is -0.781. The first-order chi connectivity index (χ1) is 61.4. The highest BCUT2D eigenvalue weighted by molar-refractivity contribution is 5.90. The molecule has 9 heteroatoms. The number of hydrogen-bond acceptors (Lipinski definition) is 9. The number of allylic oxidation sites excluding steroid dienone is 5. The number of carbonyl (C=O) groups excluding carboxylic acids is 3. The van der Waals surface area contributed by atoms with Gasteiger partial charge in [-0.15, -0.1) is 6.58 Å². The second kappa shape index (κ2) is 32.7. The van der Waals surface area contributed by atoms with Crippen LogP contribution in [-0.4, -0.2) is 80.7 Å². The molecule has 9 nitrogen and oxygen atoms in total. The number of aliphatic hydroxyl groups is 5. The summed E-state index contributed by atoms with van der Waals surface area (Å²) < 4.78 is 5.48. The zero-order valence-electron chi connectivity index (χ0n) is 90.7. The maximum Gasteiger partial charge on any atom is 0.312 e. The van der Waals surface area contributed by atoms with Crippen molar-refractivity contribution < 1.29 is 44.7 Å². The molecule has 20 rings (SSSR count). The Hall–Kier alpha value is -2.69. The second-order valence-corrected chi connectivity index (χ2v) is 59.7. The third kappa shape index (κ3) is 13.6. The van der Waals surface area contributed by atoms with E-state index in [0.717, 1.165) is 118 Å². The minimum absolute atomic E-state index is 0.0161. The second-order valence-electron chi connectivity index (χ2n) is 59.7. The number of ether oxygens (including phenoxy) is 1. The fourth-order valence-electron chi connectivity index (χ4n) is 46.9. The molecule has 0 heterocycles. The third-order valence-corrected chi connectivity index (χ3v) is 54.0. The Bertz CT molecular complexity index is 4570. The largest absolute Gasteiger partial charge is 0.469 e. The molecule has 20 fully saturated rings. The molecule has 20 saturated carbocycles. The van der Waals surface area contributed by atoms with Gasteiger partial charge in [-0.05, 0) is 476 Å². The summed E-state index contributed by atoms with van der Waals surface area (Å²) in [6.07, 6.45) is 43.3. The Labute approximate surface area is 813 Å². The zero-order valence-corrected chi connectivity index (χ0v) is 90.7.